The van der Waals surface area contributed by atoms with E-state index < -0.39 is 44.8 Å². The molecule has 11 nitrogen and oxygen atoms in total. The molecule has 6 N–H and O–H groups in total. The van der Waals surface area contributed by atoms with Crippen LogP contribution < -0.4 is 5.73 Å². The molecule has 0 amide bonds. The number of phosphoric acid groups is 1. The highest BCUT2D eigenvalue weighted by Gasteiger charge is 2.25. The van der Waals surface area contributed by atoms with Crippen LogP contribution in [0.4, 0.5) is 0 Å². The van der Waals surface area contributed by atoms with Gasteiger partial charge in [-0.25, -0.2) is 4.57 Å². The van der Waals surface area contributed by atoms with Gasteiger partial charge >= 0.3 is 13.8 Å². The summed E-state index contributed by atoms with van der Waals surface area (Å²) in [5, 5.41) is 30.4. The fourth-order valence-electron chi connectivity index (χ4n) is 5.36. The number of hydrogen-bond acceptors (Lipinski definition) is 10. The molecule has 0 aliphatic rings. The van der Waals surface area contributed by atoms with Gasteiger partial charge in [0.05, 0.1) is 37.8 Å². The number of esters is 1. The lowest BCUT2D eigenvalue weighted by Crippen LogP contribution is -2.28. The first-order valence-electron chi connectivity index (χ1n) is 20.8. The number of aliphatic hydroxyl groups excluding tert-OH is 3. The normalized spacial score (nSPS) is 15.9. The molecule has 0 bridgehead atoms. The van der Waals surface area contributed by atoms with Gasteiger partial charge in [-0.1, -0.05) is 158 Å². The van der Waals surface area contributed by atoms with Crippen molar-refractivity contribution in [1.82, 2.24) is 0 Å². The molecule has 55 heavy (non-hydrogen) atoms. The number of allylic oxidation sites excluding steroid dienone is 8. The molecule has 0 aromatic carbocycles. The van der Waals surface area contributed by atoms with Crippen molar-refractivity contribution in [2.24, 2.45) is 5.73 Å². The molecular weight excluding hydrogens is 721 g/mol. The molecule has 0 aliphatic carbocycles. The predicted molar refractivity (Wildman–Crippen MR) is 223 cm³/mol. The van der Waals surface area contributed by atoms with Crippen molar-refractivity contribution in [1.29, 1.82) is 0 Å². The number of carbonyl (C=O) groups excluding carboxylic acids is 1. The third kappa shape index (κ3) is 37.0. The van der Waals surface area contributed by atoms with E-state index in [4.69, 9.17) is 24.3 Å². The number of aliphatic hydroxyl groups is 3. The summed E-state index contributed by atoms with van der Waals surface area (Å²) >= 11 is 0. The molecule has 0 aliphatic heterocycles. The van der Waals surface area contributed by atoms with Crippen molar-refractivity contribution in [2.75, 3.05) is 26.4 Å². The van der Waals surface area contributed by atoms with Crippen molar-refractivity contribution in [3.05, 3.63) is 73.1 Å². The first-order chi connectivity index (χ1) is 26.6. The number of carbonyl (C=O) groups is 1. The molecule has 0 spiro atoms. The molecule has 318 valence electrons. The van der Waals surface area contributed by atoms with Gasteiger partial charge in [0.2, 0.25) is 0 Å². The molecule has 0 fully saturated rings. The SMILES string of the molecule is CC/C=C\C[C@H](O)/C=C/C=C/C=C\C=C/[C@@H](O)[C@H](O)CCCC(=O)O[C@H](CO/C=C/CCCCCCCCCCCCCCCC)COP(=O)(O)OCCN. The van der Waals surface area contributed by atoms with Crippen LogP contribution in [0.1, 0.15) is 142 Å². The molecule has 0 saturated heterocycles. The summed E-state index contributed by atoms with van der Waals surface area (Å²) < 4.78 is 32.9. The van der Waals surface area contributed by atoms with E-state index >= 15 is 0 Å². The van der Waals surface area contributed by atoms with E-state index in [1.54, 1.807) is 48.8 Å². The Morgan fingerprint density at radius 3 is 1.89 bits per heavy atom. The average Bonchev–Trinajstić information content (AvgIpc) is 3.16. The Labute approximate surface area is 333 Å². The third-order valence-electron chi connectivity index (χ3n) is 8.54. The van der Waals surface area contributed by atoms with Crippen LogP contribution in [-0.4, -0.2) is 77.0 Å². The van der Waals surface area contributed by atoms with Gasteiger partial charge in [0, 0.05) is 13.0 Å². The summed E-state index contributed by atoms with van der Waals surface area (Å²) in [6.45, 7) is 3.63. The number of rotatable bonds is 38. The monoisotopic (exact) mass is 798 g/mol. The first kappa shape index (κ1) is 52.7. The van der Waals surface area contributed by atoms with Crippen LogP contribution in [0.15, 0.2) is 73.1 Å². The number of phosphoric ester groups is 1. The van der Waals surface area contributed by atoms with Gasteiger partial charge < -0.3 is 35.4 Å². The fraction of sp³-hybridized carbons (Fsp3) is 0.698. The van der Waals surface area contributed by atoms with E-state index in [1.165, 1.54) is 83.1 Å². The van der Waals surface area contributed by atoms with Crippen molar-refractivity contribution in [2.45, 2.75) is 167 Å². The highest BCUT2D eigenvalue weighted by Crippen LogP contribution is 2.43. The van der Waals surface area contributed by atoms with Gasteiger partial charge in [-0.3, -0.25) is 13.8 Å². The number of nitrogens with two attached hydrogens (primary N) is 1. The largest absolute Gasteiger partial charge is 0.498 e. The molecule has 0 heterocycles. The Hall–Kier alpha value is -2.34. The zero-order valence-electron chi connectivity index (χ0n) is 34.0. The van der Waals surface area contributed by atoms with Crippen LogP contribution in [-0.2, 0) is 27.9 Å². The second kappa shape index (κ2) is 38.5. The summed E-state index contributed by atoms with van der Waals surface area (Å²) in [7, 11) is -4.39. The van der Waals surface area contributed by atoms with E-state index in [0.29, 0.717) is 6.42 Å². The van der Waals surface area contributed by atoms with Crippen molar-refractivity contribution >= 4 is 13.8 Å². The minimum Gasteiger partial charge on any atom is -0.498 e. The first-order valence-corrected chi connectivity index (χ1v) is 22.3. The van der Waals surface area contributed by atoms with E-state index in [2.05, 4.69) is 6.92 Å². The van der Waals surface area contributed by atoms with Gasteiger partial charge in [0.1, 0.15) is 6.61 Å². The molecule has 5 atom stereocenters. The maximum Gasteiger partial charge on any atom is 0.472 e. The van der Waals surface area contributed by atoms with Gasteiger partial charge in [0.15, 0.2) is 6.10 Å². The Balaban J connectivity index is 4.47. The molecule has 12 heteroatoms. The predicted octanol–water partition coefficient (Wildman–Crippen LogP) is 9.23. The molecule has 1 unspecified atom stereocenters. The number of unbranched alkanes of at least 4 members (excludes halogenated alkanes) is 14. The smallest absolute Gasteiger partial charge is 0.472 e. The topological polar surface area (TPSA) is 178 Å². The highest BCUT2D eigenvalue weighted by atomic mass is 31.2. The Bertz CT molecular complexity index is 1120. The van der Waals surface area contributed by atoms with Crippen LogP contribution in [0.2, 0.25) is 0 Å². The maximum atomic E-state index is 12.6. The van der Waals surface area contributed by atoms with Crippen LogP contribution in [0.5, 0.6) is 0 Å². The molecular formula is C43H76NO10P. The fourth-order valence-corrected chi connectivity index (χ4v) is 6.13. The summed E-state index contributed by atoms with van der Waals surface area (Å²) in [6.07, 6.45) is 38.1. The minimum absolute atomic E-state index is 0.0337. The van der Waals surface area contributed by atoms with E-state index in [0.717, 1.165) is 25.7 Å². The summed E-state index contributed by atoms with van der Waals surface area (Å²) in [5.41, 5.74) is 5.33. The molecule has 0 rings (SSSR count). The number of ether oxygens (including phenoxy) is 2. The van der Waals surface area contributed by atoms with Crippen LogP contribution in [0.25, 0.3) is 0 Å². The summed E-state index contributed by atoms with van der Waals surface area (Å²) in [6, 6.07) is 0. The van der Waals surface area contributed by atoms with E-state index in [1.807, 2.05) is 25.2 Å². The molecule has 0 radical (unpaired) electrons. The second-order valence-electron chi connectivity index (χ2n) is 13.8. The Kier molecular flexibility index (Phi) is 36.9. The van der Waals surface area contributed by atoms with Crippen molar-refractivity contribution < 1.29 is 48.1 Å². The van der Waals surface area contributed by atoms with Crippen LogP contribution in [0.3, 0.4) is 0 Å². The van der Waals surface area contributed by atoms with E-state index in [-0.39, 0.29) is 39.0 Å². The average molecular weight is 798 g/mol. The lowest BCUT2D eigenvalue weighted by atomic mass is 10.0. The van der Waals surface area contributed by atoms with E-state index in [9.17, 15) is 29.6 Å². The minimum atomic E-state index is -4.39. The standard InChI is InChI=1S/C43H76NO10P/c1-3-5-7-8-9-10-11-12-13-14-15-16-17-20-23-27-35-51-37-40(38-53-55(49,50)52-36-34-44)54-43(48)33-28-32-42(47)41(46)31-26-22-19-18-21-25-30-39(45)29-24-6-4-2/h6,18-19,21-22,24-27,30-31,35,39-42,45-47H,3-5,7-17,20,23,28-29,32-34,36-38,44H2,1-2H3,(H,49,50)/b21-18+,22-19-,24-6-,30-25+,31-26-,35-27+/t39-,40+,41+,42+/m0/s1. The third-order valence-corrected chi connectivity index (χ3v) is 9.53. The molecule has 0 aromatic rings. The van der Waals surface area contributed by atoms with Gasteiger partial charge in [-0.05, 0) is 44.6 Å². The van der Waals surface area contributed by atoms with Crippen molar-refractivity contribution in [3.8, 4) is 0 Å². The zero-order chi connectivity index (χ0) is 40.7. The summed E-state index contributed by atoms with van der Waals surface area (Å²) in [5.74, 6) is -0.606. The van der Waals surface area contributed by atoms with Gasteiger partial charge in [-0.2, -0.15) is 0 Å². The lowest BCUT2D eigenvalue weighted by molar-refractivity contribution is -0.153. The zero-order valence-corrected chi connectivity index (χ0v) is 34.9. The van der Waals surface area contributed by atoms with Gasteiger partial charge in [-0.15, -0.1) is 0 Å². The van der Waals surface area contributed by atoms with Crippen molar-refractivity contribution in [3.63, 3.8) is 0 Å². The molecule has 0 saturated carbocycles. The van der Waals surface area contributed by atoms with Crippen LogP contribution in [0, 0.1) is 0 Å². The quantitative estimate of drug-likeness (QED) is 0.0100. The Morgan fingerprint density at radius 2 is 1.29 bits per heavy atom. The second-order valence-corrected chi connectivity index (χ2v) is 15.2. The number of hydrogen-bond donors (Lipinski definition) is 5. The molecule has 0 aromatic heterocycles. The summed E-state index contributed by atoms with van der Waals surface area (Å²) in [4.78, 5) is 22.5. The lowest BCUT2D eigenvalue weighted by Gasteiger charge is -2.19. The van der Waals surface area contributed by atoms with Gasteiger partial charge in [0.25, 0.3) is 0 Å². The highest BCUT2D eigenvalue weighted by molar-refractivity contribution is 7.47. The van der Waals surface area contributed by atoms with Crippen LogP contribution >= 0.6 is 7.82 Å². The maximum absolute atomic E-state index is 12.6. The Morgan fingerprint density at radius 1 is 0.709 bits per heavy atom.